The molecule has 0 N–H and O–H groups in total. The zero-order valence-electron chi connectivity index (χ0n) is 17.3. The lowest BCUT2D eigenvalue weighted by Crippen LogP contribution is -2.49. The van der Waals surface area contributed by atoms with Gasteiger partial charge in [0.05, 0.1) is 22.5 Å². The van der Waals surface area contributed by atoms with Crippen LogP contribution in [0, 0.1) is 32.1 Å². The highest BCUT2D eigenvalue weighted by Gasteiger charge is 2.31. The molecule has 8 heteroatoms. The van der Waals surface area contributed by atoms with Crippen LogP contribution in [0.4, 0.5) is 5.69 Å². The maximum Gasteiger partial charge on any atom is 0.245 e. The zero-order chi connectivity index (χ0) is 21.5. The molecule has 1 aliphatic rings. The van der Waals surface area contributed by atoms with Crippen molar-refractivity contribution in [3.05, 3.63) is 59.0 Å². The smallest absolute Gasteiger partial charge is 0.245 e. The number of benzene rings is 1. The van der Waals surface area contributed by atoms with Gasteiger partial charge in [0.2, 0.25) is 10.0 Å². The molecule has 0 unspecified atom stereocenters. The van der Waals surface area contributed by atoms with Gasteiger partial charge in [-0.1, -0.05) is 12.1 Å². The largest absolute Gasteiger partial charge is 0.368 e. The number of fused-ring (bicyclic) bond motifs is 1. The predicted octanol–water partition coefficient (Wildman–Crippen LogP) is 2.94. The third-order valence-corrected chi connectivity index (χ3v) is 7.36. The van der Waals surface area contributed by atoms with Crippen LogP contribution in [0.2, 0.25) is 0 Å². The molecular weight excluding hydrogens is 398 g/mol. The molecule has 7 nitrogen and oxygen atoms in total. The molecule has 0 atom stereocenters. The molecule has 4 rings (SSSR count). The normalized spacial score (nSPS) is 15.3. The van der Waals surface area contributed by atoms with Gasteiger partial charge >= 0.3 is 0 Å². The van der Waals surface area contributed by atoms with E-state index in [1.807, 2.05) is 39.0 Å². The number of pyridine rings is 2. The van der Waals surface area contributed by atoms with Crippen LogP contribution in [0.5, 0.6) is 0 Å². The number of nitriles is 1. The number of hydrogen-bond acceptors (Lipinski definition) is 6. The van der Waals surface area contributed by atoms with E-state index in [0.717, 1.165) is 22.3 Å². The van der Waals surface area contributed by atoms with Crippen LogP contribution in [-0.4, -0.2) is 48.9 Å². The minimum atomic E-state index is -3.67. The number of piperazine rings is 1. The molecule has 1 saturated heterocycles. The lowest BCUT2D eigenvalue weighted by molar-refractivity contribution is 0.385. The summed E-state index contributed by atoms with van der Waals surface area (Å²) in [5.74, 6) is 0. The van der Waals surface area contributed by atoms with Crippen LogP contribution in [0.1, 0.15) is 22.5 Å². The van der Waals surface area contributed by atoms with Gasteiger partial charge in [-0.2, -0.15) is 9.57 Å². The van der Waals surface area contributed by atoms with Crippen molar-refractivity contribution in [3.8, 4) is 6.07 Å². The number of aromatic nitrogens is 2. The minimum absolute atomic E-state index is 0.238. The molecule has 2 aromatic heterocycles. The Kier molecular flexibility index (Phi) is 5.18. The molecule has 0 saturated carbocycles. The second-order valence-corrected chi connectivity index (χ2v) is 9.49. The second-order valence-electron chi connectivity index (χ2n) is 7.59. The first-order chi connectivity index (χ1) is 14.3. The summed E-state index contributed by atoms with van der Waals surface area (Å²) in [6.07, 6.45) is 1.69. The summed E-state index contributed by atoms with van der Waals surface area (Å²) in [7, 11) is -3.67. The van der Waals surface area contributed by atoms with E-state index >= 15 is 0 Å². The van der Waals surface area contributed by atoms with E-state index in [4.69, 9.17) is 0 Å². The second kappa shape index (κ2) is 7.67. The number of nitrogens with zero attached hydrogens (tertiary/aromatic N) is 5. The lowest BCUT2D eigenvalue weighted by atomic mass is 10.1. The molecule has 1 aliphatic heterocycles. The molecular formula is C22H23N5O2S. The highest BCUT2D eigenvalue weighted by molar-refractivity contribution is 7.89. The van der Waals surface area contributed by atoms with Crippen molar-refractivity contribution >= 4 is 26.6 Å². The number of hydrogen-bond donors (Lipinski definition) is 0. The number of anilines is 1. The average molecular weight is 422 g/mol. The average Bonchev–Trinajstić information content (AvgIpc) is 2.72. The van der Waals surface area contributed by atoms with Crippen molar-refractivity contribution in [3.63, 3.8) is 0 Å². The Bertz CT molecular complexity index is 1270. The Labute approximate surface area is 176 Å². The first-order valence-corrected chi connectivity index (χ1v) is 11.2. The molecule has 0 radical (unpaired) electrons. The molecule has 154 valence electrons. The summed E-state index contributed by atoms with van der Waals surface area (Å²) in [4.78, 5) is 11.1. The van der Waals surface area contributed by atoms with Crippen molar-refractivity contribution in [1.29, 1.82) is 5.26 Å². The van der Waals surface area contributed by atoms with Gasteiger partial charge in [-0.05, 0) is 44.5 Å². The van der Waals surface area contributed by atoms with Gasteiger partial charge in [0.25, 0.3) is 0 Å². The number of sulfonamides is 1. The lowest BCUT2D eigenvalue weighted by Gasteiger charge is -2.36. The molecule has 0 spiro atoms. The summed E-state index contributed by atoms with van der Waals surface area (Å²) in [5, 5.41) is 10.4. The number of para-hydroxylation sites is 1. The van der Waals surface area contributed by atoms with Crippen molar-refractivity contribution in [2.24, 2.45) is 0 Å². The molecule has 1 fully saturated rings. The monoisotopic (exact) mass is 421 g/mol. The van der Waals surface area contributed by atoms with Crippen molar-refractivity contribution < 1.29 is 8.42 Å². The maximum atomic E-state index is 13.4. The van der Waals surface area contributed by atoms with E-state index in [1.54, 1.807) is 18.3 Å². The fraction of sp³-hybridized carbons (Fsp3) is 0.318. The Morgan fingerprint density at radius 1 is 1.07 bits per heavy atom. The molecule has 3 aromatic rings. The van der Waals surface area contributed by atoms with E-state index in [1.165, 1.54) is 4.31 Å². The summed E-state index contributed by atoms with van der Waals surface area (Å²) >= 11 is 0. The predicted molar refractivity (Wildman–Crippen MR) is 116 cm³/mol. The fourth-order valence-corrected chi connectivity index (χ4v) is 5.54. The molecule has 30 heavy (non-hydrogen) atoms. The quantitative estimate of drug-likeness (QED) is 0.646. The van der Waals surface area contributed by atoms with Gasteiger partial charge < -0.3 is 4.90 Å². The van der Waals surface area contributed by atoms with Crippen molar-refractivity contribution in [2.75, 3.05) is 31.1 Å². The van der Waals surface area contributed by atoms with Gasteiger partial charge in [0, 0.05) is 43.5 Å². The first-order valence-electron chi connectivity index (χ1n) is 9.80. The number of rotatable bonds is 3. The Balaban J connectivity index is 1.62. The van der Waals surface area contributed by atoms with Gasteiger partial charge in [-0.3, -0.25) is 9.97 Å². The van der Waals surface area contributed by atoms with E-state index in [0.29, 0.717) is 43.0 Å². The van der Waals surface area contributed by atoms with Crippen molar-refractivity contribution in [1.82, 2.24) is 14.3 Å². The van der Waals surface area contributed by atoms with Gasteiger partial charge in [-0.25, -0.2) is 8.42 Å². The van der Waals surface area contributed by atoms with Crippen LogP contribution in [0.25, 0.3) is 10.9 Å². The van der Waals surface area contributed by atoms with Crippen LogP contribution in [-0.2, 0) is 10.0 Å². The van der Waals surface area contributed by atoms with Crippen LogP contribution < -0.4 is 4.90 Å². The van der Waals surface area contributed by atoms with E-state index in [-0.39, 0.29) is 4.90 Å². The Morgan fingerprint density at radius 3 is 2.50 bits per heavy atom. The summed E-state index contributed by atoms with van der Waals surface area (Å²) in [6, 6.07) is 11.3. The van der Waals surface area contributed by atoms with Crippen molar-refractivity contribution in [2.45, 2.75) is 25.7 Å². The highest BCUT2D eigenvalue weighted by atomic mass is 32.2. The van der Waals surface area contributed by atoms with E-state index < -0.39 is 10.0 Å². The number of aryl methyl sites for hydroxylation is 3. The minimum Gasteiger partial charge on any atom is -0.368 e. The zero-order valence-corrected chi connectivity index (χ0v) is 18.1. The Hall–Kier alpha value is -3.02. The van der Waals surface area contributed by atoms with Crippen LogP contribution in [0.15, 0.2) is 41.4 Å². The summed E-state index contributed by atoms with van der Waals surface area (Å²) in [6.45, 7) is 7.36. The summed E-state index contributed by atoms with van der Waals surface area (Å²) < 4.78 is 28.2. The maximum absolute atomic E-state index is 13.4. The third-order valence-electron chi connectivity index (χ3n) is 5.43. The molecule has 3 heterocycles. The van der Waals surface area contributed by atoms with Crippen LogP contribution >= 0.6 is 0 Å². The SMILES string of the molecule is Cc1cnc2c(S(=O)(=O)N3CCN(c4cc(C)nc(C)c4C#N)CC3)cccc2c1. The van der Waals surface area contributed by atoms with Gasteiger partial charge in [-0.15, -0.1) is 0 Å². The Morgan fingerprint density at radius 2 is 1.80 bits per heavy atom. The van der Waals surface area contributed by atoms with Gasteiger partial charge in [0.1, 0.15) is 11.0 Å². The highest BCUT2D eigenvalue weighted by Crippen LogP contribution is 2.28. The van der Waals surface area contributed by atoms with E-state index in [9.17, 15) is 13.7 Å². The standard InChI is InChI=1S/C22H23N5O2S/c1-15-11-18-5-4-6-21(22(18)24-14-15)30(28,29)27-9-7-26(8-10-27)20-12-16(2)25-17(3)19(20)13-23/h4-6,11-12,14H,7-10H2,1-3H3. The topological polar surface area (TPSA) is 90.2 Å². The third kappa shape index (κ3) is 3.51. The first kappa shape index (κ1) is 20.3. The molecule has 0 bridgehead atoms. The fourth-order valence-electron chi connectivity index (χ4n) is 3.96. The molecule has 0 aliphatic carbocycles. The molecule has 1 aromatic carbocycles. The van der Waals surface area contributed by atoms with Gasteiger partial charge in [0.15, 0.2) is 0 Å². The molecule has 0 amide bonds. The van der Waals surface area contributed by atoms with Crippen LogP contribution in [0.3, 0.4) is 0 Å². The van der Waals surface area contributed by atoms with E-state index in [2.05, 4.69) is 20.9 Å². The summed E-state index contributed by atoms with van der Waals surface area (Å²) in [5.41, 5.74) is 4.39.